The lowest BCUT2D eigenvalue weighted by Crippen LogP contribution is -2.51. The van der Waals surface area contributed by atoms with Gasteiger partial charge in [0.05, 0.1) is 43.9 Å². The van der Waals surface area contributed by atoms with Gasteiger partial charge in [-0.05, 0) is 111 Å². The Hall–Kier alpha value is -1.25. The molecule has 0 amide bonds. The number of carbonyl (C=O) groups is 1. The maximum Gasteiger partial charge on any atom is 0.312 e. The Labute approximate surface area is 364 Å². The van der Waals surface area contributed by atoms with Crippen LogP contribution >= 0.6 is 0 Å². The normalized spacial score (nSPS) is 19.5. The third kappa shape index (κ3) is 25.5. The van der Waals surface area contributed by atoms with Crippen LogP contribution in [0.25, 0.3) is 0 Å². The summed E-state index contributed by atoms with van der Waals surface area (Å²) in [5.41, 5.74) is 0.511. The zero-order valence-corrected chi connectivity index (χ0v) is 42.9. The molecule has 7 nitrogen and oxygen atoms in total. The van der Waals surface area contributed by atoms with E-state index in [-0.39, 0.29) is 34.8 Å². The quantitative estimate of drug-likeness (QED) is 0.101. The summed E-state index contributed by atoms with van der Waals surface area (Å²) < 4.78 is 27.4. The number of rotatable bonds is 18. The molecule has 0 aromatic rings. The van der Waals surface area contributed by atoms with Crippen molar-refractivity contribution in [2.75, 3.05) is 46.1 Å². The third-order valence-corrected chi connectivity index (χ3v) is 13.7. The zero-order valence-electron chi connectivity index (χ0n) is 42.9. The van der Waals surface area contributed by atoms with Crippen molar-refractivity contribution in [1.82, 2.24) is 4.90 Å². The molecule has 0 aromatic heterocycles. The van der Waals surface area contributed by atoms with E-state index in [1.54, 1.807) is 0 Å². The molecule has 2 aliphatic rings. The standard InChI is InChI=1S/C16H32O2.C9H21N.C9H16O4.C9H20.2C4H8/c1-7-15(8-2,9-3)13-18-14(17)16(10-4,11-5)12-6;1-5-9(6-2)10(7-3)8-4;1-7-10-3-9(4-11-7)5-12-8(2)13-6-9;1-5-9(6-2,7-3)8-4;2*1-3-4-2/h7-13H2,1-6H3;9H,5-8H2,1-4H3;7-8H,3-6H2,1-2H3;5-8H2,1-4H3;2*3-4H,1-2H3. The van der Waals surface area contributed by atoms with Crippen molar-refractivity contribution in [2.45, 2.75) is 234 Å². The molecule has 58 heavy (non-hydrogen) atoms. The van der Waals surface area contributed by atoms with Gasteiger partial charge in [-0.1, -0.05) is 147 Å². The van der Waals surface area contributed by atoms with Crippen LogP contribution in [0, 0.1) is 21.7 Å². The topological polar surface area (TPSA) is 66.5 Å². The average molecular weight is 828 g/mol. The Kier molecular flexibility index (Phi) is 42.2. The van der Waals surface area contributed by atoms with Gasteiger partial charge in [0.1, 0.15) is 0 Å². The predicted molar refractivity (Wildman–Crippen MR) is 255 cm³/mol. The molecule has 1 spiro atoms. The molecule has 0 aliphatic carbocycles. The van der Waals surface area contributed by atoms with E-state index in [2.05, 4.69) is 102 Å². The number of ether oxygens (including phenoxy) is 5. The van der Waals surface area contributed by atoms with Crippen molar-refractivity contribution in [3.63, 3.8) is 0 Å². The fourth-order valence-electron chi connectivity index (χ4n) is 7.18. The molecule has 2 saturated heterocycles. The van der Waals surface area contributed by atoms with Crippen molar-refractivity contribution in [2.24, 2.45) is 21.7 Å². The summed E-state index contributed by atoms with van der Waals surface area (Å²) >= 11 is 0. The molecule has 0 aromatic carbocycles. The summed E-state index contributed by atoms with van der Waals surface area (Å²) in [5, 5.41) is 0. The maximum absolute atomic E-state index is 12.3. The van der Waals surface area contributed by atoms with Crippen LogP contribution in [0.2, 0.25) is 0 Å². The molecule has 2 rings (SSSR count). The predicted octanol–water partition coefficient (Wildman–Crippen LogP) is 15.0. The van der Waals surface area contributed by atoms with E-state index in [1.165, 1.54) is 51.6 Å². The number of allylic oxidation sites excluding steroid dienone is 4. The van der Waals surface area contributed by atoms with Crippen molar-refractivity contribution in [3.05, 3.63) is 24.3 Å². The highest BCUT2D eigenvalue weighted by molar-refractivity contribution is 5.76. The van der Waals surface area contributed by atoms with Gasteiger partial charge in [0.2, 0.25) is 0 Å². The molecular weight excluding hydrogens is 723 g/mol. The highest BCUT2D eigenvalue weighted by atomic mass is 16.7. The Bertz CT molecular complexity index is 843. The lowest BCUT2D eigenvalue weighted by molar-refractivity contribution is -0.294. The molecular formula is C51H105NO6. The first-order valence-corrected chi connectivity index (χ1v) is 24.1. The van der Waals surface area contributed by atoms with E-state index < -0.39 is 0 Å². The van der Waals surface area contributed by atoms with Crippen molar-refractivity contribution in [3.8, 4) is 0 Å². The SMILES string of the molecule is CC1OCC2(CO1)COC(C)OC2.CC=CC.CC=CC.CCC(CC)(CC)CC.CCC(CC)(CC)COC(=O)C(CC)(CC)CC.CCC(CC)N(CC)CC. The highest BCUT2D eigenvalue weighted by Gasteiger charge is 2.40. The summed E-state index contributed by atoms with van der Waals surface area (Å²) in [6, 6.07) is 0.815. The first-order chi connectivity index (χ1) is 27.6. The van der Waals surface area contributed by atoms with E-state index in [1.807, 2.05) is 65.8 Å². The molecule has 0 radical (unpaired) electrons. The molecule has 0 saturated carbocycles. The lowest BCUT2D eigenvalue weighted by Gasteiger charge is -2.42. The molecule has 350 valence electrons. The molecule has 2 heterocycles. The van der Waals surface area contributed by atoms with Crippen molar-refractivity contribution < 1.29 is 28.5 Å². The van der Waals surface area contributed by atoms with Gasteiger partial charge in [0.25, 0.3) is 0 Å². The van der Waals surface area contributed by atoms with Gasteiger partial charge >= 0.3 is 5.97 Å². The molecule has 2 aliphatic heterocycles. The van der Waals surface area contributed by atoms with E-state index in [0.717, 1.165) is 44.6 Å². The number of esters is 1. The smallest absolute Gasteiger partial charge is 0.312 e. The third-order valence-electron chi connectivity index (χ3n) is 13.7. The molecule has 0 N–H and O–H groups in total. The van der Waals surface area contributed by atoms with Crippen LogP contribution in [0.5, 0.6) is 0 Å². The zero-order chi connectivity index (χ0) is 45.7. The monoisotopic (exact) mass is 828 g/mol. The second-order valence-electron chi connectivity index (χ2n) is 16.3. The summed E-state index contributed by atoms with van der Waals surface area (Å²) in [7, 11) is 0. The van der Waals surface area contributed by atoms with Crippen LogP contribution in [0.3, 0.4) is 0 Å². The Morgan fingerprint density at radius 1 is 0.552 bits per heavy atom. The van der Waals surface area contributed by atoms with Gasteiger partial charge in [0, 0.05) is 11.5 Å². The van der Waals surface area contributed by atoms with Crippen LogP contribution in [0.15, 0.2) is 24.3 Å². The van der Waals surface area contributed by atoms with Gasteiger partial charge in [-0.2, -0.15) is 0 Å². The van der Waals surface area contributed by atoms with Gasteiger partial charge in [-0.25, -0.2) is 0 Å². The Morgan fingerprint density at radius 3 is 1.02 bits per heavy atom. The van der Waals surface area contributed by atoms with Crippen LogP contribution in [0.4, 0.5) is 0 Å². The van der Waals surface area contributed by atoms with Gasteiger partial charge in [-0.15, -0.1) is 0 Å². The minimum absolute atomic E-state index is 0.00900. The Balaban J connectivity index is -0.000000323. The summed E-state index contributed by atoms with van der Waals surface area (Å²) in [6.07, 6.45) is 21.6. The summed E-state index contributed by atoms with van der Waals surface area (Å²) in [6.45, 7) is 48.5. The number of hydrogen-bond donors (Lipinski definition) is 0. The fraction of sp³-hybridized carbons (Fsp3) is 0.902. The number of hydrogen-bond acceptors (Lipinski definition) is 7. The highest BCUT2D eigenvalue weighted by Crippen LogP contribution is 2.36. The fourth-order valence-corrected chi connectivity index (χ4v) is 7.18. The van der Waals surface area contributed by atoms with Crippen LogP contribution < -0.4 is 0 Å². The van der Waals surface area contributed by atoms with Crippen molar-refractivity contribution in [1.29, 1.82) is 0 Å². The summed E-state index contributed by atoms with van der Waals surface area (Å²) in [4.78, 5) is 14.9. The minimum Gasteiger partial charge on any atom is -0.465 e. The van der Waals surface area contributed by atoms with Gasteiger partial charge in [-0.3, -0.25) is 4.79 Å². The van der Waals surface area contributed by atoms with E-state index in [9.17, 15) is 4.79 Å². The van der Waals surface area contributed by atoms with E-state index >= 15 is 0 Å². The van der Waals surface area contributed by atoms with E-state index in [4.69, 9.17) is 23.7 Å². The average Bonchev–Trinajstić information content (AvgIpc) is 3.28. The van der Waals surface area contributed by atoms with Crippen LogP contribution in [-0.2, 0) is 28.5 Å². The molecule has 7 heteroatoms. The van der Waals surface area contributed by atoms with Gasteiger partial charge < -0.3 is 28.6 Å². The second-order valence-corrected chi connectivity index (χ2v) is 16.3. The number of carbonyl (C=O) groups excluding carboxylic acids is 1. The second kappa shape index (κ2) is 38.7. The van der Waals surface area contributed by atoms with E-state index in [0.29, 0.717) is 38.4 Å². The largest absolute Gasteiger partial charge is 0.465 e. The first kappa shape index (κ1) is 63.4. The molecule has 0 atom stereocenters. The molecule has 2 fully saturated rings. The van der Waals surface area contributed by atoms with Gasteiger partial charge in [0.15, 0.2) is 12.6 Å². The Morgan fingerprint density at radius 2 is 0.845 bits per heavy atom. The first-order valence-electron chi connectivity index (χ1n) is 24.1. The molecule has 0 unspecified atom stereocenters. The summed E-state index contributed by atoms with van der Waals surface area (Å²) in [5.74, 6) is 0.00900. The van der Waals surface area contributed by atoms with Crippen LogP contribution in [-0.4, -0.2) is 75.6 Å². The maximum atomic E-state index is 12.3. The number of nitrogens with zero attached hydrogens (tertiary/aromatic N) is 1. The van der Waals surface area contributed by atoms with Crippen molar-refractivity contribution >= 4 is 5.97 Å². The molecule has 0 bridgehead atoms. The minimum atomic E-state index is -0.263. The van der Waals surface area contributed by atoms with Crippen LogP contribution in [0.1, 0.15) is 216 Å². The lowest BCUT2D eigenvalue weighted by atomic mass is 9.78.